The lowest BCUT2D eigenvalue weighted by molar-refractivity contribution is -0.121. The van der Waals surface area contributed by atoms with Crippen LogP contribution in [0.3, 0.4) is 0 Å². The fourth-order valence-electron chi connectivity index (χ4n) is 0.954. The van der Waals surface area contributed by atoms with Crippen molar-refractivity contribution >= 4 is 5.91 Å². The SMILES string of the molecule is C/C=C/CNCCC(=O)NC(C)CC. The van der Waals surface area contributed by atoms with Gasteiger partial charge in [-0.05, 0) is 20.3 Å². The third-order valence-corrected chi connectivity index (χ3v) is 2.05. The van der Waals surface area contributed by atoms with Crippen LogP contribution in [0.25, 0.3) is 0 Å². The maximum atomic E-state index is 11.3. The van der Waals surface area contributed by atoms with Crippen LogP contribution in [-0.4, -0.2) is 25.0 Å². The van der Waals surface area contributed by atoms with Gasteiger partial charge in [0, 0.05) is 25.6 Å². The minimum atomic E-state index is 0.132. The minimum Gasteiger partial charge on any atom is -0.354 e. The molecule has 0 fully saturated rings. The number of amides is 1. The maximum Gasteiger partial charge on any atom is 0.221 e. The average Bonchev–Trinajstić information content (AvgIpc) is 2.17. The first-order valence-electron chi connectivity index (χ1n) is 5.32. The molecule has 0 aromatic rings. The molecule has 0 aromatic heterocycles. The third-order valence-electron chi connectivity index (χ3n) is 2.05. The molecule has 0 rings (SSSR count). The number of rotatable bonds is 7. The first-order chi connectivity index (χ1) is 6.70. The molecule has 1 amide bonds. The van der Waals surface area contributed by atoms with E-state index in [9.17, 15) is 4.79 Å². The highest BCUT2D eigenvalue weighted by molar-refractivity contribution is 5.76. The summed E-state index contributed by atoms with van der Waals surface area (Å²) >= 11 is 0. The van der Waals surface area contributed by atoms with Gasteiger partial charge in [0.15, 0.2) is 0 Å². The molecule has 1 unspecified atom stereocenters. The maximum absolute atomic E-state index is 11.3. The van der Waals surface area contributed by atoms with Gasteiger partial charge in [-0.15, -0.1) is 0 Å². The van der Waals surface area contributed by atoms with Crippen molar-refractivity contribution in [2.75, 3.05) is 13.1 Å². The van der Waals surface area contributed by atoms with E-state index < -0.39 is 0 Å². The summed E-state index contributed by atoms with van der Waals surface area (Å²) in [6.07, 6.45) is 5.57. The molecule has 0 aliphatic heterocycles. The summed E-state index contributed by atoms with van der Waals surface area (Å²) < 4.78 is 0. The van der Waals surface area contributed by atoms with Crippen molar-refractivity contribution in [3.05, 3.63) is 12.2 Å². The van der Waals surface area contributed by atoms with E-state index in [-0.39, 0.29) is 11.9 Å². The molecule has 0 spiro atoms. The Labute approximate surface area is 87.0 Å². The molecule has 0 radical (unpaired) electrons. The molecule has 2 N–H and O–H groups in total. The van der Waals surface area contributed by atoms with E-state index in [2.05, 4.69) is 17.6 Å². The predicted molar refractivity (Wildman–Crippen MR) is 60.2 cm³/mol. The normalized spacial score (nSPS) is 13.1. The van der Waals surface area contributed by atoms with Gasteiger partial charge < -0.3 is 10.6 Å². The quantitative estimate of drug-likeness (QED) is 0.480. The van der Waals surface area contributed by atoms with Gasteiger partial charge in [0.2, 0.25) is 5.91 Å². The van der Waals surface area contributed by atoms with Crippen molar-refractivity contribution in [2.24, 2.45) is 0 Å². The second-order valence-electron chi connectivity index (χ2n) is 3.40. The standard InChI is InChI=1S/C11H22N2O/c1-4-6-8-12-9-7-11(14)13-10(3)5-2/h4,6,10,12H,5,7-9H2,1-3H3,(H,13,14)/b6-4+. The summed E-state index contributed by atoms with van der Waals surface area (Å²) in [7, 11) is 0. The Morgan fingerprint density at radius 2 is 2.21 bits per heavy atom. The lowest BCUT2D eigenvalue weighted by atomic mass is 10.2. The van der Waals surface area contributed by atoms with E-state index in [4.69, 9.17) is 0 Å². The zero-order valence-electron chi connectivity index (χ0n) is 9.47. The van der Waals surface area contributed by atoms with E-state index in [1.807, 2.05) is 26.0 Å². The molecule has 3 nitrogen and oxygen atoms in total. The van der Waals surface area contributed by atoms with E-state index in [1.165, 1.54) is 0 Å². The fourth-order valence-corrected chi connectivity index (χ4v) is 0.954. The highest BCUT2D eigenvalue weighted by atomic mass is 16.1. The van der Waals surface area contributed by atoms with E-state index in [0.29, 0.717) is 6.42 Å². The fraction of sp³-hybridized carbons (Fsp3) is 0.727. The molecule has 14 heavy (non-hydrogen) atoms. The smallest absolute Gasteiger partial charge is 0.221 e. The molecular formula is C11H22N2O. The third kappa shape index (κ3) is 7.80. The first kappa shape index (κ1) is 13.2. The van der Waals surface area contributed by atoms with Gasteiger partial charge >= 0.3 is 0 Å². The van der Waals surface area contributed by atoms with Crippen LogP contribution in [0.1, 0.15) is 33.6 Å². The monoisotopic (exact) mass is 198 g/mol. The van der Waals surface area contributed by atoms with Crippen molar-refractivity contribution in [3.63, 3.8) is 0 Å². The molecule has 0 heterocycles. The second kappa shape index (κ2) is 8.75. The summed E-state index contributed by atoms with van der Waals surface area (Å²) in [4.78, 5) is 11.3. The lowest BCUT2D eigenvalue weighted by Crippen LogP contribution is -2.34. The molecule has 0 bridgehead atoms. The second-order valence-corrected chi connectivity index (χ2v) is 3.40. The molecule has 0 aromatic carbocycles. The largest absolute Gasteiger partial charge is 0.354 e. The Hall–Kier alpha value is -0.830. The topological polar surface area (TPSA) is 41.1 Å². The van der Waals surface area contributed by atoms with Gasteiger partial charge in [0.05, 0.1) is 0 Å². The number of hydrogen-bond acceptors (Lipinski definition) is 2. The van der Waals surface area contributed by atoms with Gasteiger partial charge in [-0.3, -0.25) is 4.79 Å². The van der Waals surface area contributed by atoms with Crippen LogP contribution in [0.4, 0.5) is 0 Å². The van der Waals surface area contributed by atoms with Gasteiger partial charge in [-0.1, -0.05) is 19.1 Å². The van der Waals surface area contributed by atoms with Crippen molar-refractivity contribution in [2.45, 2.75) is 39.7 Å². The zero-order chi connectivity index (χ0) is 10.8. The van der Waals surface area contributed by atoms with Crippen LogP contribution in [0, 0.1) is 0 Å². The molecule has 3 heteroatoms. The van der Waals surface area contributed by atoms with Crippen molar-refractivity contribution in [1.82, 2.24) is 10.6 Å². The zero-order valence-corrected chi connectivity index (χ0v) is 9.47. The molecule has 0 aliphatic rings. The number of allylic oxidation sites excluding steroid dienone is 1. The van der Waals surface area contributed by atoms with Crippen LogP contribution in [0.2, 0.25) is 0 Å². The van der Waals surface area contributed by atoms with Crippen LogP contribution in [-0.2, 0) is 4.79 Å². The molecule has 1 atom stereocenters. The molecular weight excluding hydrogens is 176 g/mol. The van der Waals surface area contributed by atoms with Gasteiger partial charge in [-0.25, -0.2) is 0 Å². The van der Waals surface area contributed by atoms with E-state index in [0.717, 1.165) is 19.5 Å². The van der Waals surface area contributed by atoms with Crippen molar-refractivity contribution in [3.8, 4) is 0 Å². The van der Waals surface area contributed by atoms with Crippen molar-refractivity contribution < 1.29 is 4.79 Å². The number of hydrogen-bond donors (Lipinski definition) is 2. The first-order valence-corrected chi connectivity index (χ1v) is 5.32. The summed E-state index contributed by atoms with van der Waals surface area (Å²) in [5, 5.41) is 6.08. The summed E-state index contributed by atoms with van der Waals surface area (Å²) in [5.74, 6) is 0.132. The van der Waals surface area contributed by atoms with Crippen LogP contribution >= 0.6 is 0 Å². The number of carbonyl (C=O) groups excluding carboxylic acids is 1. The molecule has 0 saturated carbocycles. The van der Waals surface area contributed by atoms with Crippen LogP contribution in [0.15, 0.2) is 12.2 Å². The Kier molecular flexibility index (Phi) is 8.24. The van der Waals surface area contributed by atoms with Crippen molar-refractivity contribution in [1.29, 1.82) is 0 Å². The summed E-state index contributed by atoms with van der Waals surface area (Å²) in [6, 6.07) is 0.290. The van der Waals surface area contributed by atoms with E-state index in [1.54, 1.807) is 0 Å². The van der Waals surface area contributed by atoms with Crippen LogP contribution < -0.4 is 10.6 Å². The van der Waals surface area contributed by atoms with Crippen LogP contribution in [0.5, 0.6) is 0 Å². The average molecular weight is 198 g/mol. The lowest BCUT2D eigenvalue weighted by Gasteiger charge is -2.10. The Morgan fingerprint density at radius 3 is 2.79 bits per heavy atom. The Morgan fingerprint density at radius 1 is 1.50 bits per heavy atom. The van der Waals surface area contributed by atoms with Gasteiger partial charge in [0.25, 0.3) is 0 Å². The highest BCUT2D eigenvalue weighted by Crippen LogP contribution is 1.88. The van der Waals surface area contributed by atoms with Gasteiger partial charge in [-0.2, -0.15) is 0 Å². The molecule has 0 saturated heterocycles. The Bertz CT molecular complexity index is 178. The molecule has 82 valence electrons. The van der Waals surface area contributed by atoms with E-state index >= 15 is 0 Å². The summed E-state index contributed by atoms with van der Waals surface area (Å²) in [6.45, 7) is 7.65. The number of nitrogens with one attached hydrogen (secondary N) is 2. The predicted octanol–water partition coefficient (Wildman–Crippen LogP) is 1.46. The Balaban J connectivity index is 3.35. The number of carbonyl (C=O) groups is 1. The van der Waals surface area contributed by atoms with Gasteiger partial charge in [0.1, 0.15) is 0 Å². The summed E-state index contributed by atoms with van der Waals surface area (Å²) in [5.41, 5.74) is 0. The highest BCUT2D eigenvalue weighted by Gasteiger charge is 2.03. The minimum absolute atomic E-state index is 0.132. The molecule has 0 aliphatic carbocycles.